The lowest BCUT2D eigenvalue weighted by Crippen LogP contribution is -1.87. The van der Waals surface area contributed by atoms with Gasteiger partial charge in [0.15, 0.2) is 0 Å². The van der Waals surface area contributed by atoms with Gasteiger partial charge in [-0.2, -0.15) is 0 Å². The molecule has 0 aliphatic carbocycles. The molecule has 5 heteroatoms. The first-order chi connectivity index (χ1) is 9.13. The fraction of sp³-hybridized carbons (Fsp3) is 0. The first-order valence-corrected chi connectivity index (χ1v) is 6.22. The van der Waals surface area contributed by atoms with Crippen molar-refractivity contribution in [3.63, 3.8) is 0 Å². The van der Waals surface area contributed by atoms with Gasteiger partial charge in [0.25, 0.3) is 0 Å². The normalized spacial score (nSPS) is 10.6. The summed E-state index contributed by atoms with van der Waals surface area (Å²) in [5.41, 5.74) is 0.753. The quantitative estimate of drug-likeness (QED) is 0.872. The van der Waals surface area contributed by atoms with E-state index in [1.165, 1.54) is 6.08 Å². The lowest BCUT2D eigenvalue weighted by atomic mass is 10.2. The van der Waals surface area contributed by atoms with Crippen LogP contribution >= 0.6 is 15.9 Å². The predicted octanol–water partition coefficient (Wildman–Crippen LogP) is 3.73. The molecule has 0 aliphatic heterocycles. The van der Waals surface area contributed by atoms with Crippen molar-refractivity contribution >= 4 is 28.0 Å². The zero-order valence-electron chi connectivity index (χ0n) is 9.79. The van der Waals surface area contributed by atoms with Crippen LogP contribution in [0.4, 0.5) is 0 Å². The highest BCUT2D eigenvalue weighted by atomic mass is 79.9. The minimum Gasteiger partial charge on any atom is -0.478 e. The van der Waals surface area contributed by atoms with Crippen molar-refractivity contribution in [1.29, 1.82) is 0 Å². The number of carboxylic acid groups (broad SMARTS) is 1. The van der Waals surface area contributed by atoms with Crippen LogP contribution in [0, 0.1) is 0 Å². The molecular formula is C14H10BrNO3. The van der Waals surface area contributed by atoms with Crippen LogP contribution in [-0.4, -0.2) is 16.1 Å². The molecule has 4 nitrogen and oxygen atoms in total. The molecule has 1 aromatic heterocycles. The number of hydrogen-bond acceptors (Lipinski definition) is 3. The number of aromatic nitrogens is 1. The van der Waals surface area contributed by atoms with Gasteiger partial charge in [0.2, 0.25) is 0 Å². The van der Waals surface area contributed by atoms with Crippen molar-refractivity contribution in [2.45, 2.75) is 0 Å². The van der Waals surface area contributed by atoms with Gasteiger partial charge in [0.05, 0.1) is 6.20 Å². The topological polar surface area (TPSA) is 59.4 Å². The molecule has 96 valence electrons. The second-order valence-corrected chi connectivity index (χ2v) is 4.60. The molecule has 1 aromatic carbocycles. The first-order valence-electron chi connectivity index (χ1n) is 5.43. The molecule has 2 aromatic rings. The molecule has 0 amide bonds. The molecule has 0 saturated heterocycles. The molecule has 0 fully saturated rings. The van der Waals surface area contributed by atoms with Crippen LogP contribution in [0.15, 0.2) is 53.3 Å². The molecule has 19 heavy (non-hydrogen) atoms. The second kappa shape index (κ2) is 6.15. The molecule has 0 aliphatic rings. The number of halogens is 1. The summed E-state index contributed by atoms with van der Waals surface area (Å²) in [6, 6.07) is 8.93. The highest BCUT2D eigenvalue weighted by molar-refractivity contribution is 9.10. The lowest BCUT2D eigenvalue weighted by Gasteiger charge is -2.06. The van der Waals surface area contributed by atoms with E-state index < -0.39 is 5.97 Å². The molecule has 0 saturated carbocycles. The number of aliphatic carboxylic acids is 1. The number of nitrogens with zero attached hydrogens (tertiary/aromatic N) is 1. The summed E-state index contributed by atoms with van der Waals surface area (Å²) < 4.78 is 6.46. The zero-order chi connectivity index (χ0) is 13.7. The third-order valence-electron chi connectivity index (χ3n) is 2.19. The number of carboxylic acids is 1. The Morgan fingerprint density at radius 3 is 2.84 bits per heavy atom. The molecule has 2 rings (SSSR count). The Labute approximate surface area is 118 Å². The fourth-order valence-electron chi connectivity index (χ4n) is 1.43. The largest absolute Gasteiger partial charge is 0.478 e. The average Bonchev–Trinajstić information content (AvgIpc) is 2.37. The molecule has 0 bridgehead atoms. The van der Waals surface area contributed by atoms with Crippen LogP contribution in [0.2, 0.25) is 0 Å². The Balaban J connectivity index is 2.17. The SMILES string of the molecule is O=C(O)C=Cc1cccc(Oc2cncc(Br)c2)c1. The van der Waals surface area contributed by atoms with Crippen LogP contribution in [0.25, 0.3) is 6.08 Å². The van der Waals surface area contributed by atoms with Gasteiger partial charge in [-0.1, -0.05) is 12.1 Å². The van der Waals surface area contributed by atoms with E-state index in [1.54, 1.807) is 42.7 Å². The van der Waals surface area contributed by atoms with Crippen LogP contribution in [0.3, 0.4) is 0 Å². The first kappa shape index (κ1) is 13.3. The van der Waals surface area contributed by atoms with E-state index in [0.29, 0.717) is 11.5 Å². The summed E-state index contributed by atoms with van der Waals surface area (Å²) in [6.07, 6.45) is 5.86. The van der Waals surface area contributed by atoms with E-state index in [2.05, 4.69) is 20.9 Å². The summed E-state index contributed by atoms with van der Waals surface area (Å²) >= 11 is 3.31. The van der Waals surface area contributed by atoms with Crippen LogP contribution < -0.4 is 4.74 Å². The summed E-state index contributed by atoms with van der Waals surface area (Å²) in [6.45, 7) is 0. The Hall–Kier alpha value is -2.14. The van der Waals surface area contributed by atoms with Crippen molar-refractivity contribution < 1.29 is 14.6 Å². The number of benzene rings is 1. The van der Waals surface area contributed by atoms with Crippen molar-refractivity contribution in [3.05, 3.63) is 58.8 Å². The summed E-state index contributed by atoms with van der Waals surface area (Å²) in [5, 5.41) is 8.58. The highest BCUT2D eigenvalue weighted by Gasteiger charge is 1.99. The van der Waals surface area contributed by atoms with Crippen molar-refractivity contribution in [1.82, 2.24) is 4.98 Å². The Bertz CT molecular complexity index is 626. The monoisotopic (exact) mass is 319 g/mol. The van der Waals surface area contributed by atoms with E-state index in [4.69, 9.17) is 9.84 Å². The highest BCUT2D eigenvalue weighted by Crippen LogP contribution is 2.24. The molecule has 1 N–H and O–H groups in total. The van der Waals surface area contributed by atoms with Crippen molar-refractivity contribution in [2.24, 2.45) is 0 Å². The average molecular weight is 320 g/mol. The Kier molecular flexibility index (Phi) is 4.30. The van der Waals surface area contributed by atoms with Crippen LogP contribution in [0.1, 0.15) is 5.56 Å². The van der Waals surface area contributed by atoms with Crippen LogP contribution in [-0.2, 0) is 4.79 Å². The lowest BCUT2D eigenvalue weighted by molar-refractivity contribution is -0.131. The summed E-state index contributed by atoms with van der Waals surface area (Å²) in [5.74, 6) is 0.240. The third kappa shape index (κ3) is 4.22. The van der Waals surface area contributed by atoms with Gasteiger partial charge in [-0.15, -0.1) is 0 Å². The fourth-order valence-corrected chi connectivity index (χ4v) is 1.78. The Morgan fingerprint density at radius 1 is 1.26 bits per heavy atom. The summed E-state index contributed by atoms with van der Waals surface area (Å²) in [7, 11) is 0. The molecule has 0 atom stereocenters. The Morgan fingerprint density at radius 2 is 2.11 bits per heavy atom. The van der Waals surface area contributed by atoms with Gasteiger partial charge in [-0.3, -0.25) is 4.98 Å². The minimum atomic E-state index is -0.984. The smallest absolute Gasteiger partial charge is 0.328 e. The predicted molar refractivity (Wildman–Crippen MR) is 75.1 cm³/mol. The standard InChI is InChI=1S/C14H10BrNO3/c15-11-7-13(9-16-8-11)19-12-3-1-2-10(6-12)4-5-14(17)18/h1-9H,(H,17,18). The maximum absolute atomic E-state index is 10.5. The molecule has 0 radical (unpaired) electrons. The van der Waals surface area contributed by atoms with E-state index in [1.807, 2.05) is 0 Å². The van der Waals surface area contributed by atoms with E-state index in [9.17, 15) is 4.79 Å². The molecule has 1 heterocycles. The van der Waals surface area contributed by atoms with E-state index >= 15 is 0 Å². The van der Waals surface area contributed by atoms with Crippen molar-refractivity contribution in [2.75, 3.05) is 0 Å². The van der Waals surface area contributed by atoms with Gasteiger partial charge in [0, 0.05) is 16.7 Å². The molecular weight excluding hydrogens is 310 g/mol. The van der Waals surface area contributed by atoms with Gasteiger partial charge in [-0.25, -0.2) is 4.79 Å². The summed E-state index contributed by atoms with van der Waals surface area (Å²) in [4.78, 5) is 14.5. The maximum Gasteiger partial charge on any atom is 0.328 e. The van der Waals surface area contributed by atoms with Gasteiger partial charge in [0.1, 0.15) is 11.5 Å². The van der Waals surface area contributed by atoms with E-state index in [0.717, 1.165) is 16.1 Å². The molecule has 0 spiro atoms. The second-order valence-electron chi connectivity index (χ2n) is 3.68. The number of ether oxygens (including phenoxy) is 1. The zero-order valence-corrected chi connectivity index (χ0v) is 11.4. The number of hydrogen-bond donors (Lipinski definition) is 1. The third-order valence-corrected chi connectivity index (χ3v) is 2.63. The maximum atomic E-state index is 10.5. The molecule has 0 unspecified atom stereocenters. The minimum absolute atomic E-state index is 0.605. The van der Waals surface area contributed by atoms with Gasteiger partial charge >= 0.3 is 5.97 Å². The van der Waals surface area contributed by atoms with Gasteiger partial charge < -0.3 is 9.84 Å². The number of rotatable bonds is 4. The van der Waals surface area contributed by atoms with E-state index in [-0.39, 0.29) is 0 Å². The van der Waals surface area contributed by atoms with Crippen LogP contribution in [0.5, 0.6) is 11.5 Å². The van der Waals surface area contributed by atoms with Crippen molar-refractivity contribution in [3.8, 4) is 11.5 Å². The number of carbonyl (C=O) groups is 1. The number of pyridine rings is 1. The van der Waals surface area contributed by atoms with Gasteiger partial charge in [-0.05, 0) is 45.8 Å².